The van der Waals surface area contributed by atoms with Gasteiger partial charge in [-0.1, -0.05) is 25.5 Å². The standard InChI is InChI=1S/C16H21N3O2/c1-3-5-9-21-13-8-6-7-12(10-13)15-11-14(17)16(20)19(4-2)18-15/h6-8,10-11H,3-5,9,17H2,1-2H3. The van der Waals surface area contributed by atoms with Crippen LogP contribution in [0.15, 0.2) is 35.1 Å². The van der Waals surface area contributed by atoms with Gasteiger partial charge in [-0.15, -0.1) is 0 Å². The van der Waals surface area contributed by atoms with E-state index in [1.54, 1.807) is 6.07 Å². The van der Waals surface area contributed by atoms with Crippen molar-refractivity contribution in [1.82, 2.24) is 9.78 Å². The molecule has 1 aromatic heterocycles. The lowest BCUT2D eigenvalue weighted by Crippen LogP contribution is -2.24. The summed E-state index contributed by atoms with van der Waals surface area (Å²) in [5.74, 6) is 0.801. The molecule has 0 aliphatic heterocycles. The van der Waals surface area contributed by atoms with Crippen LogP contribution in [0.25, 0.3) is 11.3 Å². The summed E-state index contributed by atoms with van der Waals surface area (Å²) in [6.45, 7) is 5.18. The Morgan fingerprint density at radius 2 is 2.10 bits per heavy atom. The molecule has 21 heavy (non-hydrogen) atoms. The fraction of sp³-hybridized carbons (Fsp3) is 0.375. The number of aryl methyl sites for hydroxylation is 1. The maximum absolute atomic E-state index is 11.8. The lowest BCUT2D eigenvalue weighted by molar-refractivity contribution is 0.309. The number of nitrogens with zero attached hydrogens (tertiary/aromatic N) is 2. The number of benzene rings is 1. The van der Waals surface area contributed by atoms with Crippen LogP contribution in [0.5, 0.6) is 5.75 Å². The van der Waals surface area contributed by atoms with Crippen LogP contribution in [0, 0.1) is 0 Å². The van der Waals surface area contributed by atoms with E-state index in [9.17, 15) is 4.79 Å². The normalized spacial score (nSPS) is 10.6. The van der Waals surface area contributed by atoms with Crippen molar-refractivity contribution in [2.45, 2.75) is 33.2 Å². The monoisotopic (exact) mass is 287 g/mol. The Kier molecular flexibility index (Phi) is 4.98. The van der Waals surface area contributed by atoms with Crippen LogP contribution in [0.1, 0.15) is 26.7 Å². The third-order valence-electron chi connectivity index (χ3n) is 3.20. The zero-order valence-electron chi connectivity index (χ0n) is 12.5. The van der Waals surface area contributed by atoms with Crippen molar-refractivity contribution < 1.29 is 4.74 Å². The first-order chi connectivity index (χ1) is 10.2. The van der Waals surface area contributed by atoms with Crippen molar-refractivity contribution in [2.75, 3.05) is 12.3 Å². The average molecular weight is 287 g/mol. The molecule has 1 aromatic carbocycles. The van der Waals surface area contributed by atoms with Crippen molar-refractivity contribution in [2.24, 2.45) is 0 Å². The Bertz CT molecular complexity index is 665. The number of rotatable bonds is 6. The fourth-order valence-electron chi connectivity index (χ4n) is 2.00. The highest BCUT2D eigenvalue weighted by molar-refractivity contribution is 5.63. The Balaban J connectivity index is 2.31. The van der Waals surface area contributed by atoms with Crippen molar-refractivity contribution in [3.8, 4) is 17.0 Å². The van der Waals surface area contributed by atoms with Crippen molar-refractivity contribution in [3.63, 3.8) is 0 Å². The molecule has 2 N–H and O–H groups in total. The third kappa shape index (κ3) is 3.62. The van der Waals surface area contributed by atoms with E-state index in [2.05, 4.69) is 12.0 Å². The molecule has 2 rings (SSSR count). The quantitative estimate of drug-likeness (QED) is 0.829. The maximum atomic E-state index is 11.8. The second-order valence-electron chi connectivity index (χ2n) is 4.84. The molecule has 0 fully saturated rings. The highest BCUT2D eigenvalue weighted by Gasteiger charge is 2.07. The zero-order chi connectivity index (χ0) is 15.2. The minimum Gasteiger partial charge on any atom is -0.494 e. The predicted molar refractivity (Wildman–Crippen MR) is 84.4 cm³/mol. The molecule has 0 radical (unpaired) electrons. The number of hydrogen-bond donors (Lipinski definition) is 1. The molecule has 5 nitrogen and oxygen atoms in total. The molecule has 1 heterocycles. The van der Waals surface area contributed by atoms with Gasteiger partial charge in [-0.3, -0.25) is 4.79 Å². The first kappa shape index (κ1) is 15.1. The van der Waals surface area contributed by atoms with Gasteiger partial charge in [-0.25, -0.2) is 4.68 Å². The summed E-state index contributed by atoms with van der Waals surface area (Å²) in [7, 11) is 0. The Morgan fingerprint density at radius 3 is 2.81 bits per heavy atom. The number of hydrogen-bond acceptors (Lipinski definition) is 4. The molecular weight excluding hydrogens is 266 g/mol. The fourth-order valence-corrected chi connectivity index (χ4v) is 2.00. The summed E-state index contributed by atoms with van der Waals surface area (Å²) in [4.78, 5) is 11.8. The van der Waals surface area contributed by atoms with Crippen molar-refractivity contribution >= 4 is 5.69 Å². The third-order valence-corrected chi connectivity index (χ3v) is 3.20. The molecule has 0 bridgehead atoms. The van der Waals surface area contributed by atoms with Crippen LogP contribution in [-0.4, -0.2) is 16.4 Å². The number of ether oxygens (including phenoxy) is 1. The molecule has 0 saturated heterocycles. The van der Waals surface area contributed by atoms with E-state index in [-0.39, 0.29) is 11.2 Å². The summed E-state index contributed by atoms with van der Waals surface area (Å²) in [5, 5.41) is 4.33. The van der Waals surface area contributed by atoms with E-state index < -0.39 is 0 Å². The molecule has 2 aromatic rings. The zero-order valence-corrected chi connectivity index (χ0v) is 12.5. The van der Waals surface area contributed by atoms with Gasteiger partial charge in [-0.2, -0.15) is 5.10 Å². The van der Waals surface area contributed by atoms with Gasteiger partial charge in [0.25, 0.3) is 5.56 Å². The van der Waals surface area contributed by atoms with Gasteiger partial charge in [-0.05, 0) is 31.5 Å². The van der Waals surface area contributed by atoms with Crippen LogP contribution < -0.4 is 16.0 Å². The molecule has 5 heteroatoms. The summed E-state index contributed by atoms with van der Waals surface area (Å²) in [6.07, 6.45) is 2.12. The molecule has 0 aliphatic rings. The lowest BCUT2D eigenvalue weighted by Gasteiger charge is -2.09. The summed E-state index contributed by atoms with van der Waals surface area (Å²) < 4.78 is 7.06. The second-order valence-corrected chi connectivity index (χ2v) is 4.84. The molecule has 0 spiro atoms. The number of nitrogens with two attached hydrogens (primary N) is 1. The lowest BCUT2D eigenvalue weighted by atomic mass is 10.1. The smallest absolute Gasteiger partial charge is 0.289 e. The Hall–Kier alpha value is -2.30. The van der Waals surface area contributed by atoms with Crippen LogP contribution in [0.4, 0.5) is 5.69 Å². The summed E-state index contributed by atoms with van der Waals surface area (Å²) >= 11 is 0. The molecule has 112 valence electrons. The average Bonchev–Trinajstić information content (AvgIpc) is 2.50. The van der Waals surface area contributed by atoms with Gasteiger partial charge in [0, 0.05) is 12.1 Å². The van der Waals surface area contributed by atoms with Crippen LogP contribution in [0.3, 0.4) is 0 Å². The molecule has 0 amide bonds. The molecular formula is C16H21N3O2. The Labute approximate surface area is 124 Å². The van der Waals surface area contributed by atoms with E-state index in [1.807, 2.05) is 31.2 Å². The van der Waals surface area contributed by atoms with Crippen molar-refractivity contribution in [3.05, 3.63) is 40.7 Å². The number of nitrogen functional groups attached to an aromatic ring is 1. The van der Waals surface area contributed by atoms with E-state index in [4.69, 9.17) is 10.5 Å². The molecule has 0 aliphatic carbocycles. The first-order valence-corrected chi connectivity index (χ1v) is 7.26. The van der Waals surface area contributed by atoms with E-state index in [0.717, 1.165) is 24.2 Å². The van der Waals surface area contributed by atoms with Gasteiger partial charge in [0.1, 0.15) is 11.4 Å². The van der Waals surface area contributed by atoms with Gasteiger partial charge in [0.2, 0.25) is 0 Å². The Morgan fingerprint density at radius 1 is 1.29 bits per heavy atom. The van der Waals surface area contributed by atoms with Gasteiger partial charge in [0.05, 0.1) is 12.3 Å². The maximum Gasteiger partial charge on any atom is 0.289 e. The van der Waals surface area contributed by atoms with E-state index in [0.29, 0.717) is 18.8 Å². The predicted octanol–water partition coefficient (Wildman–Crippen LogP) is 2.69. The van der Waals surface area contributed by atoms with Crippen molar-refractivity contribution in [1.29, 1.82) is 0 Å². The van der Waals surface area contributed by atoms with Gasteiger partial charge < -0.3 is 10.5 Å². The van der Waals surface area contributed by atoms with E-state index >= 15 is 0 Å². The number of unbranched alkanes of at least 4 members (excludes halogenated alkanes) is 1. The largest absolute Gasteiger partial charge is 0.494 e. The summed E-state index contributed by atoms with van der Waals surface area (Å²) in [5.41, 5.74) is 7.28. The van der Waals surface area contributed by atoms with Gasteiger partial charge >= 0.3 is 0 Å². The highest BCUT2D eigenvalue weighted by Crippen LogP contribution is 2.22. The minimum absolute atomic E-state index is 0.208. The minimum atomic E-state index is -0.253. The molecule has 0 unspecified atom stereocenters. The van der Waals surface area contributed by atoms with Crippen LogP contribution in [-0.2, 0) is 6.54 Å². The topological polar surface area (TPSA) is 70.1 Å². The second kappa shape index (κ2) is 6.92. The summed E-state index contributed by atoms with van der Waals surface area (Å²) in [6, 6.07) is 9.29. The number of aromatic nitrogens is 2. The molecule has 0 atom stereocenters. The first-order valence-electron chi connectivity index (χ1n) is 7.26. The van der Waals surface area contributed by atoms with Gasteiger partial charge in [0.15, 0.2) is 0 Å². The highest BCUT2D eigenvalue weighted by atomic mass is 16.5. The SMILES string of the molecule is CCCCOc1cccc(-c2cc(N)c(=O)n(CC)n2)c1. The number of anilines is 1. The van der Waals surface area contributed by atoms with E-state index in [1.165, 1.54) is 4.68 Å². The van der Waals surface area contributed by atoms with Crippen LogP contribution in [0.2, 0.25) is 0 Å². The van der Waals surface area contributed by atoms with Crippen LogP contribution >= 0.6 is 0 Å². The molecule has 0 saturated carbocycles.